The molecule has 7 nitrogen and oxygen atoms in total. The zero-order valence-electron chi connectivity index (χ0n) is 20.4. The number of nitrogens with zero attached hydrogens (tertiary/aromatic N) is 2. The summed E-state index contributed by atoms with van der Waals surface area (Å²) in [5, 5.41) is 0.602. The predicted molar refractivity (Wildman–Crippen MR) is 138 cm³/mol. The Kier molecular flexibility index (Phi) is 8.30. The Morgan fingerprint density at radius 3 is 2.06 bits per heavy atom. The van der Waals surface area contributed by atoms with Crippen molar-refractivity contribution < 1.29 is 22.7 Å². The molecule has 0 saturated heterocycles. The number of carbonyl (C=O) groups excluding carboxylic acids is 1. The maximum Gasteiger partial charge on any atom is 0.264 e. The molecule has 0 fully saturated rings. The number of halogens is 1. The van der Waals surface area contributed by atoms with E-state index in [0.717, 1.165) is 21.0 Å². The number of aryl methyl sites for hydroxylation is 2. The summed E-state index contributed by atoms with van der Waals surface area (Å²) in [6.45, 7) is 3.70. The summed E-state index contributed by atoms with van der Waals surface area (Å²) in [5.74, 6) is 0.325. The topological polar surface area (TPSA) is 76.2 Å². The van der Waals surface area contributed by atoms with E-state index in [9.17, 15) is 13.2 Å². The number of sulfonamides is 1. The number of hydrogen-bond acceptors (Lipinski definition) is 5. The smallest absolute Gasteiger partial charge is 0.264 e. The van der Waals surface area contributed by atoms with Crippen LogP contribution < -0.4 is 13.8 Å². The molecule has 0 spiro atoms. The van der Waals surface area contributed by atoms with Crippen LogP contribution in [0.25, 0.3) is 0 Å². The zero-order valence-corrected chi connectivity index (χ0v) is 22.0. The lowest BCUT2D eigenvalue weighted by Gasteiger charge is -2.27. The van der Waals surface area contributed by atoms with Crippen LogP contribution in [-0.4, -0.2) is 47.0 Å². The fraction of sp³-hybridized carbons (Fsp3) is 0.269. The molecule has 0 aromatic heterocycles. The number of ether oxygens (including phenoxy) is 2. The Morgan fingerprint density at radius 2 is 1.49 bits per heavy atom. The van der Waals surface area contributed by atoms with E-state index >= 15 is 0 Å². The van der Waals surface area contributed by atoms with Gasteiger partial charge < -0.3 is 14.4 Å². The largest absolute Gasteiger partial charge is 0.493 e. The van der Waals surface area contributed by atoms with Crippen molar-refractivity contribution in [3.05, 3.63) is 82.4 Å². The number of rotatable bonds is 9. The Morgan fingerprint density at radius 1 is 0.886 bits per heavy atom. The fourth-order valence-electron chi connectivity index (χ4n) is 3.71. The molecule has 0 aliphatic carbocycles. The van der Waals surface area contributed by atoms with Crippen LogP contribution in [0.3, 0.4) is 0 Å². The van der Waals surface area contributed by atoms with Crippen molar-refractivity contribution in [1.82, 2.24) is 4.90 Å². The number of anilines is 1. The molecule has 0 radical (unpaired) electrons. The van der Waals surface area contributed by atoms with E-state index in [2.05, 4.69) is 0 Å². The van der Waals surface area contributed by atoms with E-state index in [4.69, 9.17) is 21.1 Å². The number of likely N-dealkylation sites (N-methyl/N-ethyl adjacent to an activating group) is 1. The minimum Gasteiger partial charge on any atom is -0.493 e. The Labute approximate surface area is 211 Å². The SMILES string of the molecule is COc1ccc(S(=O)(=O)N(CC(=O)N(C)Cc2ccc(Cl)cc2)c2cc(C)cc(C)c2)cc1OC. The van der Waals surface area contributed by atoms with Crippen LogP contribution >= 0.6 is 11.6 Å². The first kappa shape index (κ1) is 26.4. The summed E-state index contributed by atoms with van der Waals surface area (Å²) in [7, 11) is 0.430. The lowest BCUT2D eigenvalue weighted by atomic mass is 10.1. The van der Waals surface area contributed by atoms with Crippen molar-refractivity contribution in [3.63, 3.8) is 0 Å². The van der Waals surface area contributed by atoms with Gasteiger partial charge in [0.15, 0.2) is 11.5 Å². The van der Waals surface area contributed by atoms with Gasteiger partial charge in [0.25, 0.3) is 10.0 Å². The first-order chi connectivity index (χ1) is 16.5. The third kappa shape index (κ3) is 6.26. The van der Waals surface area contributed by atoms with Gasteiger partial charge in [0.2, 0.25) is 5.91 Å². The van der Waals surface area contributed by atoms with Gasteiger partial charge in [-0.1, -0.05) is 29.8 Å². The highest BCUT2D eigenvalue weighted by atomic mass is 35.5. The Bertz CT molecular complexity index is 1290. The maximum absolute atomic E-state index is 13.8. The van der Waals surface area contributed by atoms with Crippen LogP contribution in [0.4, 0.5) is 5.69 Å². The molecule has 186 valence electrons. The minimum absolute atomic E-state index is 0.0116. The molecule has 3 aromatic rings. The van der Waals surface area contributed by atoms with Crippen LogP contribution in [0, 0.1) is 13.8 Å². The number of methoxy groups -OCH3 is 2. The minimum atomic E-state index is -4.12. The van der Waals surface area contributed by atoms with E-state index in [0.29, 0.717) is 23.0 Å². The molecular weight excluding hydrogens is 488 g/mol. The number of amides is 1. The van der Waals surface area contributed by atoms with Gasteiger partial charge >= 0.3 is 0 Å². The van der Waals surface area contributed by atoms with Gasteiger partial charge in [-0.2, -0.15) is 0 Å². The first-order valence-electron chi connectivity index (χ1n) is 10.9. The van der Waals surface area contributed by atoms with Crippen LogP contribution in [0.1, 0.15) is 16.7 Å². The number of carbonyl (C=O) groups is 1. The van der Waals surface area contributed by atoms with Gasteiger partial charge in [-0.3, -0.25) is 9.10 Å². The molecule has 3 rings (SSSR count). The molecule has 35 heavy (non-hydrogen) atoms. The van der Waals surface area contributed by atoms with Crippen molar-refractivity contribution in [2.45, 2.75) is 25.3 Å². The molecular formula is C26H29ClN2O5S. The molecule has 9 heteroatoms. The van der Waals surface area contributed by atoms with Crippen molar-refractivity contribution in [3.8, 4) is 11.5 Å². The van der Waals surface area contributed by atoms with Crippen molar-refractivity contribution >= 4 is 33.2 Å². The van der Waals surface area contributed by atoms with E-state index in [-0.39, 0.29) is 23.1 Å². The molecule has 0 aliphatic rings. The van der Waals surface area contributed by atoms with Crippen LogP contribution in [0.15, 0.2) is 65.6 Å². The highest BCUT2D eigenvalue weighted by molar-refractivity contribution is 7.92. The average molecular weight is 517 g/mol. The van der Waals surface area contributed by atoms with Gasteiger partial charge in [0, 0.05) is 24.7 Å². The van der Waals surface area contributed by atoms with Gasteiger partial charge in [-0.25, -0.2) is 8.42 Å². The Balaban J connectivity index is 1.99. The summed E-state index contributed by atoms with van der Waals surface area (Å²) >= 11 is 5.95. The van der Waals surface area contributed by atoms with Gasteiger partial charge in [-0.05, 0) is 66.9 Å². The quantitative estimate of drug-likeness (QED) is 0.407. The molecule has 0 N–H and O–H groups in total. The highest BCUT2D eigenvalue weighted by Crippen LogP contribution is 2.32. The van der Waals surface area contributed by atoms with E-state index in [1.807, 2.05) is 32.0 Å². The van der Waals surface area contributed by atoms with Crippen LogP contribution in [-0.2, 0) is 21.4 Å². The predicted octanol–water partition coefficient (Wildman–Crippen LogP) is 4.83. The van der Waals surface area contributed by atoms with Gasteiger partial charge in [0.1, 0.15) is 6.54 Å². The molecule has 0 unspecified atom stereocenters. The third-order valence-corrected chi connectivity index (χ3v) is 7.50. The molecule has 3 aromatic carbocycles. The molecule has 1 amide bonds. The summed E-state index contributed by atoms with van der Waals surface area (Å²) < 4.78 is 39.3. The van der Waals surface area contributed by atoms with Crippen molar-refractivity contribution in [1.29, 1.82) is 0 Å². The maximum atomic E-state index is 13.8. The van der Waals surface area contributed by atoms with E-state index in [1.54, 1.807) is 31.3 Å². The highest BCUT2D eigenvalue weighted by Gasteiger charge is 2.29. The monoisotopic (exact) mass is 516 g/mol. The second-order valence-corrected chi connectivity index (χ2v) is 10.5. The summed E-state index contributed by atoms with van der Waals surface area (Å²) in [4.78, 5) is 14.7. The normalized spacial score (nSPS) is 11.1. The first-order valence-corrected chi connectivity index (χ1v) is 12.7. The summed E-state index contributed by atoms with van der Waals surface area (Å²) in [5.41, 5.74) is 3.06. The van der Waals surface area contributed by atoms with Crippen molar-refractivity contribution in [2.24, 2.45) is 0 Å². The van der Waals surface area contributed by atoms with E-state index < -0.39 is 10.0 Å². The average Bonchev–Trinajstić information content (AvgIpc) is 2.82. The van der Waals surface area contributed by atoms with Crippen molar-refractivity contribution in [2.75, 3.05) is 32.1 Å². The second-order valence-electron chi connectivity index (χ2n) is 8.25. The fourth-order valence-corrected chi connectivity index (χ4v) is 5.25. The van der Waals surface area contributed by atoms with E-state index in [1.165, 1.54) is 37.3 Å². The van der Waals surface area contributed by atoms with Crippen LogP contribution in [0.2, 0.25) is 5.02 Å². The lowest BCUT2D eigenvalue weighted by molar-refractivity contribution is -0.128. The summed E-state index contributed by atoms with van der Waals surface area (Å²) in [6, 6.07) is 17.0. The third-order valence-electron chi connectivity index (χ3n) is 5.48. The molecule has 0 saturated carbocycles. The second kappa shape index (κ2) is 11.0. The number of hydrogen-bond donors (Lipinski definition) is 0. The van der Waals surface area contributed by atoms with Gasteiger partial charge in [0.05, 0.1) is 24.8 Å². The molecule has 0 atom stereocenters. The lowest BCUT2D eigenvalue weighted by Crippen LogP contribution is -2.41. The van der Waals surface area contributed by atoms with Gasteiger partial charge in [-0.15, -0.1) is 0 Å². The molecule has 0 bridgehead atoms. The molecule has 0 aliphatic heterocycles. The standard InChI is InChI=1S/C26H29ClN2O5S/c1-18-12-19(2)14-22(13-18)29(17-26(30)28(3)16-20-6-8-21(27)9-7-20)35(31,32)23-10-11-24(33-4)25(15-23)34-5/h6-15H,16-17H2,1-5H3. The summed E-state index contributed by atoms with van der Waals surface area (Å²) in [6.07, 6.45) is 0. The Hall–Kier alpha value is -3.23. The van der Waals surface area contributed by atoms with Crippen LogP contribution in [0.5, 0.6) is 11.5 Å². The zero-order chi connectivity index (χ0) is 25.8. The molecule has 0 heterocycles. The number of benzene rings is 3.